The fraction of sp³-hybridized carbons (Fsp3) is 0.333. The predicted molar refractivity (Wildman–Crippen MR) is 63.1 cm³/mol. The number of rotatable bonds is 3. The van der Waals surface area contributed by atoms with E-state index in [0.29, 0.717) is 0 Å². The maximum absolute atomic E-state index is 13.4. The summed E-state index contributed by atoms with van der Waals surface area (Å²) in [6.45, 7) is 3.58. The number of benzene rings is 1. The van der Waals surface area contributed by atoms with Crippen LogP contribution >= 0.6 is 11.6 Å². The summed E-state index contributed by atoms with van der Waals surface area (Å²) in [7, 11) is 0. The largest absolute Gasteiger partial charge is 0.336 e. The molecule has 0 fully saturated rings. The molecule has 1 aromatic carbocycles. The van der Waals surface area contributed by atoms with Crippen molar-refractivity contribution in [1.82, 2.24) is 5.32 Å². The zero-order valence-corrected chi connectivity index (χ0v) is 10.3. The van der Waals surface area contributed by atoms with Gasteiger partial charge in [-0.1, -0.05) is 31.5 Å². The Kier molecular flexibility index (Phi) is 4.47. The van der Waals surface area contributed by atoms with Gasteiger partial charge in [-0.05, 0) is 18.1 Å². The Morgan fingerprint density at radius 3 is 2.65 bits per heavy atom. The fourth-order valence-electron chi connectivity index (χ4n) is 1.28. The van der Waals surface area contributed by atoms with Gasteiger partial charge in [0.1, 0.15) is 11.9 Å². The highest BCUT2D eigenvalue weighted by Gasteiger charge is 2.20. The van der Waals surface area contributed by atoms with Crippen molar-refractivity contribution in [3.05, 3.63) is 34.6 Å². The van der Waals surface area contributed by atoms with Gasteiger partial charge in [-0.15, -0.1) is 0 Å². The van der Waals surface area contributed by atoms with Crippen LogP contribution in [0.15, 0.2) is 18.2 Å². The molecular weight excluding hydrogens is 243 g/mol. The standard InChI is InChI=1S/C12H12ClFN2O/c1-7(2)10(6-15)16-12(17)11-8(13)4-3-5-9(11)14/h3-5,7,10H,1-2H3,(H,16,17). The molecule has 0 radical (unpaired) electrons. The van der Waals surface area contributed by atoms with E-state index in [1.54, 1.807) is 13.8 Å². The van der Waals surface area contributed by atoms with Gasteiger partial charge in [-0.2, -0.15) is 5.26 Å². The molecule has 0 heterocycles. The van der Waals surface area contributed by atoms with Gasteiger partial charge in [0.15, 0.2) is 0 Å². The van der Waals surface area contributed by atoms with E-state index in [-0.39, 0.29) is 16.5 Å². The Hall–Kier alpha value is -1.60. The first-order chi connectivity index (χ1) is 7.97. The van der Waals surface area contributed by atoms with Crippen molar-refractivity contribution in [2.24, 2.45) is 5.92 Å². The van der Waals surface area contributed by atoms with Crippen LogP contribution in [-0.2, 0) is 0 Å². The highest BCUT2D eigenvalue weighted by Crippen LogP contribution is 2.19. The lowest BCUT2D eigenvalue weighted by atomic mass is 10.1. The minimum atomic E-state index is -0.699. The second-order valence-electron chi connectivity index (χ2n) is 3.92. The first-order valence-electron chi connectivity index (χ1n) is 5.12. The summed E-state index contributed by atoms with van der Waals surface area (Å²) >= 11 is 5.75. The second-order valence-corrected chi connectivity index (χ2v) is 4.33. The topological polar surface area (TPSA) is 52.9 Å². The zero-order valence-electron chi connectivity index (χ0n) is 9.50. The molecule has 1 atom stereocenters. The first-order valence-corrected chi connectivity index (χ1v) is 5.49. The molecule has 0 aromatic heterocycles. The van der Waals surface area contributed by atoms with Crippen molar-refractivity contribution in [2.45, 2.75) is 19.9 Å². The molecule has 0 spiro atoms. The van der Waals surface area contributed by atoms with Crippen LogP contribution in [-0.4, -0.2) is 11.9 Å². The third-order valence-electron chi connectivity index (χ3n) is 2.28. The minimum Gasteiger partial charge on any atom is -0.336 e. The van der Waals surface area contributed by atoms with Gasteiger partial charge in [0, 0.05) is 0 Å². The van der Waals surface area contributed by atoms with E-state index in [2.05, 4.69) is 5.32 Å². The van der Waals surface area contributed by atoms with Crippen molar-refractivity contribution in [2.75, 3.05) is 0 Å². The number of hydrogen-bond donors (Lipinski definition) is 1. The smallest absolute Gasteiger partial charge is 0.256 e. The van der Waals surface area contributed by atoms with E-state index >= 15 is 0 Å². The average molecular weight is 255 g/mol. The summed E-state index contributed by atoms with van der Waals surface area (Å²) < 4.78 is 13.4. The zero-order chi connectivity index (χ0) is 13.0. The molecule has 3 nitrogen and oxygen atoms in total. The van der Waals surface area contributed by atoms with Crippen LogP contribution in [0.5, 0.6) is 0 Å². The maximum Gasteiger partial charge on any atom is 0.256 e. The summed E-state index contributed by atoms with van der Waals surface area (Å²) in [6, 6.07) is 5.27. The Morgan fingerprint density at radius 1 is 1.53 bits per heavy atom. The van der Waals surface area contributed by atoms with E-state index in [4.69, 9.17) is 16.9 Å². The lowest BCUT2D eigenvalue weighted by Gasteiger charge is -2.15. The van der Waals surface area contributed by atoms with E-state index in [1.807, 2.05) is 6.07 Å². The third-order valence-corrected chi connectivity index (χ3v) is 2.60. The van der Waals surface area contributed by atoms with Crippen LogP contribution in [0.1, 0.15) is 24.2 Å². The number of carbonyl (C=O) groups excluding carboxylic acids is 1. The van der Waals surface area contributed by atoms with Crippen LogP contribution in [0, 0.1) is 23.1 Å². The molecule has 0 saturated carbocycles. The van der Waals surface area contributed by atoms with Crippen molar-refractivity contribution in [3.63, 3.8) is 0 Å². The highest BCUT2D eigenvalue weighted by atomic mass is 35.5. The summed E-state index contributed by atoms with van der Waals surface area (Å²) in [4.78, 5) is 11.8. The predicted octanol–water partition coefficient (Wildman–Crippen LogP) is 2.76. The van der Waals surface area contributed by atoms with Gasteiger partial charge in [0.2, 0.25) is 0 Å². The molecule has 5 heteroatoms. The van der Waals surface area contributed by atoms with Crippen LogP contribution in [0.4, 0.5) is 4.39 Å². The summed E-state index contributed by atoms with van der Waals surface area (Å²) in [6.07, 6.45) is 0. The molecule has 1 N–H and O–H groups in total. The van der Waals surface area contributed by atoms with Gasteiger partial charge in [-0.25, -0.2) is 4.39 Å². The van der Waals surface area contributed by atoms with Crippen LogP contribution in [0.3, 0.4) is 0 Å². The Morgan fingerprint density at radius 2 is 2.18 bits per heavy atom. The maximum atomic E-state index is 13.4. The van der Waals surface area contributed by atoms with Gasteiger partial charge >= 0.3 is 0 Å². The molecule has 0 bridgehead atoms. The Balaban J connectivity index is 2.95. The van der Waals surface area contributed by atoms with Crippen molar-refractivity contribution >= 4 is 17.5 Å². The van der Waals surface area contributed by atoms with Gasteiger partial charge in [-0.3, -0.25) is 4.79 Å². The van der Waals surface area contributed by atoms with E-state index in [9.17, 15) is 9.18 Å². The molecule has 1 amide bonds. The number of hydrogen-bond acceptors (Lipinski definition) is 2. The Bertz CT molecular complexity index is 448. The van der Waals surface area contributed by atoms with Crippen molar-refractivity contribution in [3.8, 4) is 6.07 Å². The molecule has 17 heavy (non-hydrogen) atoms. The van der Waals surface area contributed by atoms with Crippen molar-refractivity contribution < 1.29 is 9.18 Å². The van der Waals surface area contributed by atoms with Crippen molar-refractivity contribution in [1.29, 1.82) is 5.26 Å². The number of halogens is 2. The lowest BCUT2D eigenvalue weighted by molar-refractivity contribution is 0.0933. The summed E-state index contributed by atoms with van der Waals surface area (Å²) in [5.41, 5.74) is -0.227. The number of amides is 1. The van der Waals surface area contributed by atoms with Gasteiger partial charge < -0.3 is 5.32 Å². The van der Waals surface area contributed by atoms with Crippen LogP contribution in [0.2, 0.25) is 5.02 Å². The lowest BCUT2D eigenvalue weighted by Crippen LogP contribution is -2.37. The molecule has 0 aliphatic heterocycles. The fourth-order valence-corrected chi connectivity index (χ4v) is 1.52. The number of nitrogens with zero attached hydrogens (tertiary/aromatic N) is 1. The minimum absolute atomic E-state index is 0.0305. The van der Waals surface area contributed by atoms with Gasteiger partial charge in [0.25, 0.3) is 5.91 Å². The Labute approximate surface area is 104 Å². The highest BCUT2D eigenvalue weighted by molar-refractivity contribution is 6.33. The average Bonchev–Trinajstić information content (AvgIpc) is 2.25. The van der Waals surface area contributed by atoms with Gasteiger partial charge in [0.05, 0.1) is 16.7 Å². The summed E-state index contributed by atoms with van der Waals surface area (Å²) in [5, 5.41) is 11.3. The third kappa shape index (κ3) is 3.18. The van der Waals surface area contributed by atoms with Crippen LogP contribution in [0.25, 0.3) is 0 Å². The first kappa shape index (κ1) is 13.5. The number of carbonyl (C=O) groups is 1. The monoisotopic (exact) mass is 254 g/mol. The summed E-state index contributed by atoms with van der Waals surface area (Å²) in [5.74, 6) is -1.43. The van der Waals surface area contributed by atoms with Crippen LogP contribution < -0.4 is 5.32 Å². The molecule has 0 saturated heterocycles. The normalized spacial score (nSPS) is 12.0. The number of nitriles is 1. The van der Waals surface area contributed by atoms with E-state index in [0.717, 1.165) is 6.07 Å². The van der Waals surface area contributed by atoms with E-state index in [1.165, 1.54) is 12.1 Å². The molecule has 1 rings (SSSR count). The molecule has 1 aromatic rings. The SMILES string of the molecule is CC(C)C(C#N)NC(=O)c1c(F)cccc1Cl. The molecular formula is C12H12ClFN2O. The molecule has 0 aliphatic carbocycles. The molecule has 1 unspecified atom stereocenters. The molecule has 90 valence electrons. The second kappa shape index (κ2) is 5.65. The number of nitrogens with one attached hydrogen (secondary N) is 1. The quantitative estimate of drug-likeness (QED) is 0.902. The molecule has 0 aliphatic rings. The van der Waals surface area contributed by atoms with E-state index < -0.39 is 17.8 Å².